The van der Waals surface area contributed by atoms with Crippen molar-refractivity contribution < 1.29 is 4.74 Å². The molecule has 25 heavy (non-hydrogen) atoms. The minimum absolute atomic E-state index is 0.0946. The van der Waals surface area contributed by atoms with E-state index in [4.69, 9.17) is 4.74 Å². The Bertz CT molecular complexity index is 929. The van der Waals surface area contributed by atoms with E-state index < -0.39 is 0 Å². The molecule has 2 aromatic heterocycles. The molecule has 0 saturated carbocycles. The predicted molar refractivity (Wildman–Crippen MR) is 102 cm³/mol. The first kappa shape index (κ1) is 17.5. The Labute approximate surface area is 155 Å². The number of pyridine rings is 1. The third-order valence-corrected chi connectivity index (χ3v) is 4.68. The van der Waals surface area contributed by atoms with Crippen molar-refractivity contribution in [1.82, 2.24) is 14.3 Å². The van der Waals surface area contributed by atoms with Crippen LogP contribution in [0.5, 0.6) is 5.75 Å². The molecule has 3 aromatic rings. The number of aromatic nitrogens is 3. The van der Waals surface area contributed by atoms with E-state index in [1.54, 1.807) is 24.0 Å². The van der Waals surface area contributed by atoms with Crippen molar-refractivity contribution in [3.8, 4) is 16.9 Å². The van der Waals surface area contributed by atoms with Gasteiger partial charge in [-0.1, -0.05) is 28.1 Å². The Hall–Kier alpha value is -2.34. The van der Waals surface area contributed by atoms with Crippen LogP contribution in [-0.2, 0) is 7.05 Å². The highest BCUT2D eigenvalue weighted by molar-refractivity contribution is 9.10. The number of halogens is 1. The molecule has 1 atom stereocenters. The average molecular weight is 402 g/mol. The van der Waals surface area contributed by atoms with E-state index in [1.807, 2.05) is 29.9 Å². The number of ether oxygens (including phenoxy) is 1. The second-order valence-corrected chi connectivity index (χ2v) is 6.79. The SMILES string of the molecule is CCOc1cc(=O)n(C)cc1-c1cnn(C(C)c2ccc(Br)cc2)c1. The highest BCUT2D eigenvalue weighted by Crippen LogP contribution is 2.29. The summed E-state index contributed by atoms with van der Waals surface area (Å²) in [5.74, 6) is 0.585. The van der Waals surface area contributed by atoms with Gasteiger partial charge in [0, 0.05) is 41.1 Å². The van der Waals surface area contributed by atoms with E-state index in [0.717, 1.165) is 15.6 Å². The Morgan fingerprint density at radius 3 is 2.64 bits per heavy atom. The minimum atomic E-state index is -0.0946. The zero-order valence-corrected chi connectivity index (χ0v) is 16.0. The number of benzene rings is 1. The predicted octanol–water partition coefficient (Wildman–Crippen LogP) is 4.02. The Morgan fingerprint density at radius 1 is 1.24 bits per heavy atom. The van der Waals surface area contributed by atoms with Crippen LogP contribution in [0.3, 0.4) is 0 Å². The summed E-state index contributed by atoms with van der Waals surface area (Å²) in [6.07, 6.45) is 5.58. The zero-order valence-electron chi connectivity index (χ0n) is 14.4. The van der Waals surface area contributed by atoms with Crippen LogP contribution in [0, 0.1) is 0 Å². The highest BCUT2D eigenvalue weighted by Gasteiger charge is 2.14. The fraction of sp³-hybridized carbons (Fsp3) is 0.263. The molecule has 0 radical (unpaired) electrons. The van der Waals surface area contributed by atoms with Crippen molar-refractivity contribution in [3.05, 3.63) is 69.3 Å². The molecule has 1 unspecified atom stereocenters. The summed E-state index contributed by atoms with van der Waals surface area (Å²) in [6, 6.07) is 9.83. The van der Waals surface area contributed by atoms with Gasteiger partial charge in [0.05, 0.1) is 18.8 Å². The van der Waals surface area contributed by atoms with Gasteiger partial charge in [0.2, 0.25) is 0 Å². The zero-order chi connectivity index (χ0) is 18.0. The molecule has 6 heteroatoms. The second kappa shape index (κ2) is 7.27. The first-order valence-electron chi connectivity index (χ1n) is 8.13. The van der Waals surface area contributed by atoms with E-state index in [1.165, 1.54) is 11.6 Å². The van der Waals surface area contributed by atoms with Crippen LogP contribution in [0.2, 0.25) is 0 Å². The molecule has 1 aromatic carbocycles. The van der Waals surface area contributed by atoms with E-state index in [9.17, 15) is 4.79 Å². The van der Waals surface area contributed by atoms with Gasteiger partial charge in [0.25, 0.3) is 5.56 Å². The summed E-state index contributed by atoms with van der Waals surface area (Å²) in [5.41, 5.74) is 2.85. The fourth-order valence-electron chi connectivity index (χ4n) is 2.69. The number of hydrogen-bond acceptors (Lipinski definition) is 3. The number of aryl methyl sites for hydroxylation is 1. The van der Waals surface area contributed by atoms with Gasteiger partial charge in [-0.3, -0.25) is 9.48 Å². The number of nitrogens with zero attached hydrogens (tertiary/aromatic N) is 3. The van der Waals surface area contributed by atoms with Crippen LogP contribution < -0.4 is 10.3 Å². The van der Waals surface area contributed by atoms with Crippen molar-refractivity contribution in [2.45, 2.75) is 19.9 Å². The summed E-state index contributed by atoms with van der Waals surface area (Å²) in [6.45, 7) is 4.51. The molecule has 0 amide bonds. The highest BCUT2D eigenvalue weighted by atomic mass is 79.9. The molecule has 0 N–H and O–H groups in total. The quantitative estimate of drug-likeness (QED) is 0.648. The molecule has 0 aliphatic rings. The lowest BCUT2D eigenvalue weighted by atomic mass is 10.1. The summed E-state index contributed by atoms with van der Waals surface area (Å²) in [5, 5.41) is 4.51. The summed E-state index contributed by atoms with van der Waals surface area (Å²) in [4.78, 5) is 11.9. The first-order valence-corrected chi connectivity index (χ1v) is 8.92. The minimum Gasteiger partial charge on any atom is -0.493 e. The van der Waals surface area contributed by atoms with Gasteiger partial charge in [-0.05, 0) is 31.5 Å². The molecule has 0 aliphatic heterocycles. The lowest BCUT2D eigenvalue weighted by Gasteiger charge is -2.13. The topological polar surface area (TPSA) is 49.1 Å². The van der Waals surface area contributed by atoms with Crippen molar-refractivity contribution in [1.29, 1.82) is 0 Å². The maximum Gasteiger partial charge on any atom is 0.254 e. The van der Waals surface area contributed by atoms with Gasteiger partial charge in [-0.2, -0.15) is 5.10 Å². The molecule has 0 fully saturated rings. The molecular weight excluding hydrogens is 382 g/mol. The van der Waals surface area contributed by atoms with E-state index in [0.29, 0.717) is 12.4 Å². The fourth-order valence-corrected chi connectivity index (χ4v) is 2.95. The molecule has 2 heterocycles. The van der Waals surface area contributed by atoms with Crippen LogP contribution >= 0.6 is 15.9 Å². The lowest BCUT2D eigenvalue weighted by molar-refractivity contribution is 0.340. The maximum atomic E-state index is 11.9. The molecule has 5 nitrogen and oxygen atoms in total. The smallest absolute Gasteiger partial charge is 0.254 e. The summed E-state index contributed by atoms with van der Waals surface area (Å²) >= 11 is 3.46. The molecule has 0 aliphatic carbocycles. The Kier molecular flexibility index (Phi) is 5.08. The van der Waals surface area contributed by atoms with Crippen LogP contribution in [0.4, 0.5) is 0 Å². The van der Waals surface area contributed by atoms with Crippen LogP contribution in [-0.4, -0.2) is 21.0 Å². The average Bonchev–Trinajstić information content (AvgIpc) is 3.08. The first-order chi connectivity index (χ1) is 12.0. The van der Waals surface area contributed by atoms with Crippen molar-refractivity contribution in [2.24, 2.45) is 7.05 Å². The van der Waals surface area contributed by atoms with Gasteiger partial charge in [0.15, 0.2) is 0 Å². The van der Waals surface area contributed by atoms with E-state index >= 15 is 0 Å². The van der Waals surface area contributed by atoms with Crippen molar-refractivity contribution in [3.63, 3.8) is 0 Å². The lowest BCUT2D eigenvalue weighted by Crippen LogP contribution is -2.15. The summed E-state index contributed by atoms with van der Waals surface area (Å²) in [7, 11) is 1.73. The normalized spacial score (nSPS) is 12.2. The van der Waals surface area contributed by atoms with Gasteiger partial charge < -0.3 is 9.30 Å². The van der Waals surface area contributed by atoms with E-state index in [-0.39, 0.29) is 11.6 Å². The van der Waals surface area contributed by atoms with Gasteiger partial charge in [0.1, 0.15) is 5.75 Å². The van der Waals surface area contributed by atoms with Gasteiger partial charge in [-0.15, -0.1) is 0 Å². The molecule has 0 bridgehead atoms. The summed E-state index contributed by atoms with van der Waals surface area (Å²) < 4.78 is 10.2. The van der Waals surface area contributed by atoms with Gasteiger partial charge >= 0.3 is 0 Å². The maximum absolute atomic E-state index is 11.9. The third kappa shape index (κ3) is 3.69. The van der Waals surface area contributed by atoms with Crippen LogP contribution in [0.15, 0.2) is 58.2 Å². The van der Waals surface area contributed by atoms with Crippen molar-refractivity contribution >= 4 is 15.9 Å². The monoisotopic (exact) mass is 401 g/mol. The second-order valence-electron chi connectivity index (χ2n) is 5.87. The largest absolute Gasteiger partial charge is 0.493 e. The van der Waals surface area contributed by atoms with Crippen LogP contribution in [0.1, 0.15) is 25.5 Å². The molecule has 130 valence electrons. The Balaban J connectivity index is 1.97. The molecular formula is C19H20BrN3O2. The van der Waals surface area contributed by atoms with E-state index in [2.05, 4.69) is 40.1 Å². The standard InChI is InChI=1S/C19H20BrN3O2/c1-4-25-18-9-19(24)22(3)12-17(18)15-10-21-23(11-15)13(2)14-5-7-16(20)8-6-14/h5-13H,4H2,1-3H3. The van der Waals surface area contributed by atoms with Crippen molar-refractivity contribution in [2.75, 3.05) is 6.61 Å². The Morgan fingerprint density at radius 2 is 1.96 bits per heavy atom. The number of rotatable bonds is 5. The third-order valence-electron chi connectivity index (χ3n) is 4.15. The van der Waals surface area contributed by atoms with Gasteiger partial charge in [-0.25, -0.2) is 0 Å². The molecule has 0 spiro atoms. The number of hydrogen-bond donors (Lipinski definition) is 0. The van der Waals surface area contributed by atoms with Crippen LogP contribution in [0.25, 0.3) is 11.1 Å². The molecule has 3 rings (SSSR count). The molecule has 0 saturated heterocycles.